The molecule has 166 valence electrons. The quantitative estimate of drug-likeness (QED) is 0.209. The summed E-state index contributed by atoms with van der Waals surface area (Å²) < 4.78 is 0. The van der Waals surface area contributed by atoms with Gasteiger partial charge in [0.2, 0.25) is 0 Å². The number of aromatic hydroxyl groups is 1. The Balaban J connectivity index is 0.000000867. The van der Waals surface area contributed by atoms with Crippen molar-refractivity contribution < 1.29 is 15.0 Å². The van der Waals surface area contributed by atoms with Crippen LogP contribution >= 0.6 is 24.4 Å². The zero-order chi connectivity index (χ0) is 23.1. The maximum atomic E-state index is 11.0. The monoisotopic (exact) mass is 454 g/mol. The van der Waals surface area contributed by atoms with E-state index in [2.05, 4.69) is 31.7 Å². The Hall–Kier alpha value is -2.79. The van der Waals surface area contributed by atoms with Gasteiger partial charge in [-0.25, -0.2) is 4.79 Å². The molecule has 1 atom stereocenters. The lowest BCUT2D eigenvalue weighted by Gasteiger charge is -2.15. The number of hydrogen-bond donors (Lipinski definition) is 6. The van der Waals surface area contributed by atoms with Crippen LogP contribution in [0.25, 0.3) is 0 Å². The molecule has 0 spiro atoms. The number of carbonyl (C=O) groups is 1. The summed E-state index contributed by atoms with van der Waals surface area (Å²) >= 11 is 9.91. The Kier molecular flexibility index (Phi) is 13.7. The van der Waals surface area contributed by atoms with E-state index in [-0.39, 0.29) is 5.11 Å². The first kappa shape index (κ1) is 27.2. The van der Waals surface area contributed by atoms with E-state index < -0.39 is 12.0 Å². The normalized spacial score (nSPS) is 12.0. The van der Waals surface area contributed by atoms with Crippen LogP contribution in [0, 0.1) is 6.92 Å². The van der Waals surface area contributed by atoms with E-state index in [0.717, 1.165) is 6.42 Å². The molecule has 1 aromatic carbocycles. The van der Waals surface area contributed by atoms with Crippen molar-refractivity contribution >= 4 is 52.1 Å². The summed E-state index contributed by atoms with van der Waals surface area (Å²) in [6.07, 6.45) is 1.21. The van der Waals surface area contributed by atoms with Crippen molar-refractivity contribution in [3.63, 3.8) is 0 Å². The van der Waals surface area contributed by atoms with Crippen LogP contribution in [0.5, 0.6) is 5.75 Å². The molecule has 9 nitrogen and oxygen atoms in total. The number of nitrogens with zero attached hydrogens (tertiary/aromatic N) is 2. The Labute approximate surface area is 188 Å². The van der Waals surface area contributed by atoms with E-state index in [0.29, 0.717) is 28.7 Å². The lowest BCUT2D eigenvalue weighted by atomic mass is 10.2. The van der Waals surface area contributed by atoms with E-state index >= 15 is 0 Å². The van der Waals surface area contributed by atoms with Crippen LogP contribution in [-0.2, 0) is 4.79 Å². The number of aliphatic carboxylic acids is 1. The molecule has 0 aliphatic rings. The topological polar surface area (TPSA) is 130 Å². The Bertz CT molecular complexity index is 745. The molecule has 30 heavy (non-hydrogen) atoms. The molecule has 11 heteroatoms. The Morgan fingerprint density at radius 2 is 1.57 bits per heavy atom. The third kappa shape index (κ3) is 12.6. The van der Waals surface area contributed by atoms with Crippen molar-refractivity contribution in [2.45, 2.75) is 46.6 Å². The SMILES string of the molecule is CCCC(NC(=S)N/N=C(C)/C(C)=N/NC(=S)NC)C(=O)O.Cc1ccc(O)cc1. The van der Waals surface area contributed by atoms with E-state index in [4.69, 9.17) is 34.6 Å². The molecule has 0 heterocycles. The first-order chi connectivity index (χ1) is 14.1. The van der Waals surface area contributed by atoms with Crippen LogP contribution in [-0.4, -0.2) is 50.9 Å². The molecular weight excluding hydrogens is 424 g/mol. The van der Waals surface area contributed by atoms with Crippen molar-refractivity contribution in [3.05, 3.63) is 29.8 Å². The highest BCUT2D eigenvalue weighted by Gasteiger charge is 2.16. The van der Waals surface area contributed by atoms with Gasteiger partial charge < -0.3 is 20.8 Å². The predicted octanol–water partition coefficient (Wildman–Crippen LogP) is 2.25. The molecule has 0 aliphatic heterocycles. The average molecular weight is 455 g/mol. The summed E-state index contributed by atoms with van der Waals surface area (Å²) in [7, 11) is 1.68. The fourth-order valence-corrected chi connectivity index (χ4v) is 2.00. The third-order valence-corrected chi connectivity index (χ3v) is 4.12. The van der Waals surface area contributed by atoms with Gasteiger partial charge in [-0.15, -0.1) is 0 Å². The van der Waals surface area contributed by atoms with Gasteiger partial charge in [0.05, 0.1) is 11.4 Å². The van der Waals surface area contributed by atoms with Crippen molar-refractivity contribution in [2.24, 2.45) is 10.2 Å². The van der Waals surface area contributed by atoms with Gasteiger partial charge in [0, 0.05) is 7.05 Å². The number of benzene rings is 1. The summed E-state index contributed by atoms with van der Waals surface area (Å²) in [6, 6.07) is 6.36. The van der Waals surface area contributed by atoms with Gasteiger partial charge in [-0.2, -0.15) is 10.2 Å². The lowest BCUT2D eigenvalue weighted by molar-refractivity contribution is -0.139. The first-order valence-electron chi connectivity index (χ1n) is 9.22. The molecule has 0 saturated carbocycles. The van der Waals surface area contributed by atoms with E-state index in [1.54, 1.807) is 33.0 Å². The molecule has 6 N–H and O–H groups in total. The number of rotatable bonds is 7. The molecule has 0 radical (unpaired) electrons. The summed E-state index contributed by atoms with van der Waals surface area (Å²) in [4.78, 5) is 11.0. The fraction of sp³-hybridized carbons (Fsp3) is 0.421. The second-order valence-electron chi connectivity index (χ2n) is 6.19. The van der Waals surface area contributed by atoms with Crippen LogP contribution < -0.4 is 21.5 Å². The van der Waals surface area contributed by atoms with E-state index in [1.165, 1.54) is 5.56 Å². The van der Waals surface area contributed by atoms with Crippen molar-refractivity contribution in [1.82, 2.24) is 21.5 Å². The number of thiocarbonyl (C=S) groups is 2. The molecule has 0 saturated heterocycles. The highest BCUT2D eigenvalue weighted by Crippen LogP contribution is 2.07. The highest BCUT2D eigenvalue weighted by atomic mass is 32.1. The summed E-state index contributed by atoms with van der Waals surface area (Å²) in [5.41, 5.74) is 7.59. The second-order valence-corrected chi connectivity index (χ2v) is 7.00. The highest BCUT2D eigenvalue weighted by molar-refractivity contribution is 7.80. The maximum absolute atomic E-state index is 11.0. The van der Waals surface area contributed by atoms with Gasteiger partial charge in [0.15, 0.2) is 10.2 Å². The molecular formula is C19H30N6O3S2. The number of phenolic OH excluding ortho intramolecular Hbond substituents is 1. The predicted molar refractivity (Wildman–Crippen MR) is 129 cm³/mol. The Morgan fingerprint density at radius 1 is 1.07 bits per heavy atom. The third-order valence-electron chi connectivity index (χ3n) is 3.62. The van der Waals surface area contributed by atoms with Gasteiger partial charge in [-0.05, 0) is 63.8 Å². The van der Waals surface area contributed by atoms with Gasteiger partial charge >= 0.3 is 5.97 Å². The van der Waals surface area contributed by atoms with Gasteiger partial charge in [0.25, 0.3) is 0 Å². The fourth-order valence-electron chi connectivity index (χ4n) is 1.77. The van der Waals surface area contributed by atoms with E-state index in [9.17, 15) is 4.79 Å². The van der Waals surface area contributed by atoms with Gasteiger partial charge in [-0.3, -0.25) is 10.9 Å². The minimum atomic E-state index is -0.950. The van der Waals surface area contributed by atoms with Crippen molar-refractivity contribution in [2.75, 3.05) is 7.05 Å². The Morgan fingerprint density at radius 3 is 1.97 bits per heavy atom. The van der Waals surface area contributed by atoms with Crippen LogP contribution in [0.3, 0.4) is 0 Å². The molecule has 0 aliphatic carbocycles. The number of hydrazone groups is 2. The van der Waals surface area contributed by atoms with E-state index in [1.807, 2.05) is 26.0 Å². The number of phenols is 1. The maximum Gasteiger partial charge on any atom is 0.326 e. The number of nitrogens with one attached hydrogen (secondary N) is 4. The molecule has 1 unspecified atom stereocenters. The molecule has 0 aromatic heterocycles. The zero-order valence-electron chi connectivity index (χ0n) is 17.8. The number of carboxylic acids is 1. The minimum absolute atomic E-state index is 0.145. The summed E-state index contributed by atoms with van der Waals surface area (Å²) in [5, 5.41) is 31.8. The molecule has 1 rings (SSSR count). The van der Waals surface area contributed by atoms with Crippen molar-refractivity contribution in [1.29, 1.82) is 0 Å². The zero-order valence-corrected chi connectivity index (χ0v) is 19.4. The number of hydrogen-bond acceptors (Lipinski definition) is 6. The number of aryl methyl sites for hydroxylation is 1. The molecule has 0 fully saturated rings. The largest absolute Gasteiger partial charge is 0.508 e. The first-order valence-corrected chi connectivity index (χ1v) is 10.0. The summed E-state index contributed by atoms with van der Waals surface area (Å²) in [6.45, 7) is 7.37. The van der Waals surface area contributed by atoms with Gasteiger partial charge in [0.1, 0.15) is 11.8 Å². The molecule has 0 bridgehead atoms. The molecule has 0 amide bonds. The number of carboxylic acid groups (broad SMARTS) is 1. The standard InChI is InChI=1S/C12H22N6O2S2.C7H8O/c1-5-6-9(10(19)20)14-12(22)18-16-8(3)7(2)15-17-11(21)13-4;1-6-2-4-7(8)5-3-6/h9H,5-6H2,1-4H3,(H,19,20)(H2,13,17,21)(H2,14,18,22);2-5,8H,1H3/b15-7+,16-8+;. The second kappa shape index (κ2) is 15.1. The summed E-state index contributed by atoms with van der Waals surface area (Å²) in [5.74, 6) is -0.621. The minimum Gasteiger partial charge on any atom is -0.508 e. The van der Waals surface area contributed by atoms with Crippen LogP contribution in [0.2, 0.25) is 0 Å². The van der Waals surface area contributed by atoms with Crippen molar-refractivity contribution in [3.8, 4) is 5.75 Å². The van der Waals surface area contributed by atoms with Crippen LogP contribution in [0.15, 0.2) is 34.5 Å². The average Bonchev–Trinajstić information content (AvgIpc) is 2.72. The lowest BCUT2D eigenvalue weighted by Crippen LogP contribution is -2.44. The van der Waals surface area contributed by atoms with Crippen LogP contribution in [0.1, 0.15) is 39.2 Å². The molecule has 1 aromatic rings. The van der Waals surface area contributed by atoms with Gasteiger partial charge in [-0.1, -0.05) is 31.0 Å². The smallest absolute Gasteiger partial charge is 0.326 e. The van der Waals surface area contributed by atoms with Crippen LogP contribution in [0.4, 0.5) is 0 Å².